The highest BCUT2D eigenvalue weighted by molar-refractivity contribution is 6.74. The molecule has 0 aromatic carbocycles. The van der Waals surface area contributed by atoms with Crippen molar-refractivity contribution in [3.05, 3.63) is 5.15 Å². The first-order chi connectivity index (χ1) is 12.1. The van der Waals surface area contributed by atoms with Crippen molar-refractivity contribution in [2.75, 3.05) is 29.3 Å². The van der Waals surface area contributed by atoms with Crippen LogP contribution in [0.25, 0.3) is 0 Å². The Hall–Kier alpha value is -1.75. The molecule has 0 fully saturated rings. The molecular weight excluding hydrogens is 378 g/mol. The van der Waals surface area contributed by atoms with Gasteiger partial charge in [-0.1, -0.05) is 32.4 Å². The van der Waals surface area contributed by atoms with Crippen LogP contribution in [0.4, 0.5) is 17.5 Å². The molecule has 1 heterocycles. The standard InChI is InChI=1S/C15H26ClN5O4Si/c1-15(2,3)26(4,5)25-8-6-7-24-21-13-11(17-9-22)12(16)19-14(20-13)18-10-23/h9-10H,6-8H2,1-5H3,(H,17,22)(H2,18,19,20,21,23). The van der Waals surface area contributed by atoms with E-state index in [0.717, 1.165) is 0 Å². The van der Waals surface area contributed by atoms with Crippen molar-refractivity contribution in [2.45, 2.75) is 45.3 Å². The zero-order chi connectivity index (χ0) is 19.8. The van der Waals surface area contributed by atoms with E-state index < -0.39 is 8.32 Å². The van der Waals surface area contributed by atoms with Crippen LogP contribution in [0.2, 0.25) is 23.3 Å². The number of nitrogens with zero attached hydrogens (tertiary/aromatic N) is 2. The summed E-state index contributed by atoms with van der Waals surface area (Å²) in [6, 6.07) is 0. The number of nitrogens with one attached hydrogen (secondary N) is 3. The SMILES string of the molecule is CC(C)(C)[Si](C)(C)OCCCONc1nc(NC=O)nc(Cl)c1NC=O. The van der Waals surface area contributed by atoms with Crippen LogP contribution in [0.1, 0.15) is 27.2 Å². The quantitative estimate of drug-likeness (QED) is 0.171. The fraction of sp³-hybridized carbons (Fsp3) is 0.600. The van der Waals surface area contributed by atoms with E-state index >= 15 is 0 Å². The van der Waals surface area contributed by atoms with Crippen molar-refractivity contribution in [3.8, 4) is 0 Å². The number of carbonyl (C=O) groups excluding carboxylic acids is 2. The molecule has 0 radical (unpaired) electrons. The first kappa shape index (κ1) is 22.3. The largest absolute Gasteiger partial charge is 0.417 e. The van der Waals surface area contributed by atoms with Crippen LogP contribution in [0.3, 0.4) is 0 Å². The Morgan fingerprint density at radius 1 is 1.12 bits per heavy atom. The summed E-state index contributed by atoms with van der Waals surface area (Å²) in [4.78, 5) is 34.4. The number of hydrogen-bond donors (Lipinski definition) is 3. The van der Waals surface area contributed by atoms with Crippen LogP contribution in [-0.4, -0.2) is 44.3 Å². The molecule has 0 bridgehead atoms. The molecule has 0 spiro atoms. The predicted molar refractivity (Wildman–Crippen MR) is 104 cm³/mol. The lowest BCUT2D eigenvalue weighted by atomic mass is 10.2. The van der Waals surface area contributed by atoms with Gasteiger partial charge in [0, 0.05) is 6.61 Å². The van der Waals surface area contributed by atoms with Gasteiger partial charge in [-0.3, -0.25) is 19.7 Å². The van der Waals surface area contributed by atoms with Gasteiger partial charge in [-0.2, -0.15) is 9.97 Å². The van der Waals surface area contributed by atoms with Crippen LogP contribution in [0, 0.1) is 0 Å². The molecule has 1 aromatic heterocycles. The van der Waals surface area contributed by atoms with E-state index in [1.807, 2.05) is 0 Å². The molecule has 26 heavy (non-hydrogen) atoms. The average molecular weight is 404 g/mol. The number of aromatic nitrogens is 2. The molecule has 2 amide bonds. The van der Waals surface area contributed by atoms with Gasteiger partial charge >= 0.3 is 0 Å². The van der Waals surface area contributed by atoms with Crippen LogP contribution in [0.5, 0.6) is 0 Å². The Balaban J connectivity index is 2.56. The van der Waals surface area contributed by atoms with E-state index in [-0.39, 0.29) is 27.6 Å². The second kappa shape index (κ2) is 9.81. The third-order valence-corrected chi connectivity index (χ3v) is 8.90. The number of amides is 2. The van der Waals surface area contributed by atoms with Gasteiger partial charge in [0.2, 0.25) is 18.8 Å². The van der Waals surface area contributed by atoms with Crippen molar-refractivity contribution in [1.29, 1.82) is 0 Å². The Bertz CT molecular complexity index is 625. The van der Waals surface area contributed by atoms with Crippen molar-refractivity contribution in [2.24, 2.45) is 0 Å². The third-order valence-electron chi connectivity index (χ3n) is 4.08. The number of halogens is 1. The van der Waals surface area contributed by atoms with E-state index in [4.69, 9.17) is 20.9 Å². The number of hydrogen-bond acceptors (Lipinski definition) is 7. The highest BCUT2D eigenvalue weighted by Gasteiger charge is 2.36. The first-order valence-electron chi connectivity index (χ1n) is 8.12. The van der Waals surface area contributed by atoms with E-state index in [9.17, 15) is 9.59 Å². The van der Waals surface area contributed by atoms with E-state index in [2.05, 4.69) is 59.9 Å². The normalized spacial score (nSPS) is 11.8. The van der Waals surface area contributed by atoms with Crippen molar-refractivity contribution in [1.82, 2.24) is 9.97 Å². The number of carbonyl (C=O) groups is 2. The van der Waals surface area contributed by atoms with E-state index in [1.54, 1.807) is 0 Å². The van der Waals surface area contributed by atoms with Crippen LogP contribution >= 0.6 is 11.6 Å². The molecule has 0 saturated heterocycles. The molecule has 1 aromatic rings. The van der Waals surface area contributed by atoms with E-state index in [1.165, 1.54) is 0 Å². The maximum atomic E-state index is 10.7. The van der Waals surface area contributed by atoms with Crippen molar-refractivity contribution >= 4 is 50.2 Å². The van der Waals surface area contributed by atoms with Crippen LogP contribution in [0.15, 0.2) is 0 Å². The minimum Gasteiger partial charge on any atom is -0.417 e. The van der Waals surface area contributed by atoms with Crippen LogP contribution in [-0.2, 0) is 18.9 Å². The molecule has 1 rings (SSSR count). The minimum absolute atomic E-state index is 0.0196. The summed E-state index contributed by atoms with van der Waals surface area (Å²) >= 11 is 5.97. The van der Waals surface area contributed by atoms with Gasteiger partial charge in [0.05, 0.1) is 6.61 Å². The molecule has 9 nitrogen and oxygen atoms in total. The molecule has 0 atom stereocenters. The predicted octanol–water partition coefficient (Wildman–Crippen LogP) is 3.02. The van der Waals surface area contributed by atoms with Crippen molar-refractivity contribution < 1.29 is 18.9 Å². The van der Waals surface area contributed by atoms with E-state index in [0.29, 0.717) is 32.5 Å². The second-order valence-corrected chi connectivity index (χ2v) is 12.2. The van der Waals surface area contributed by atoms with Gasteiger partial charge in [-0.15, -0.1) is 0 Å². The van der Waals surface area contributed by atoms with Gasteiger partial charge in [-0.25, -0.2) is 5.48 Å². The molecule has 0 aliphatic heterocycles. The average Bonchev–Trinajstić information content (AvgIpc) is 2.53. The monoisotopic (exact) mass is 403 g/mol. The zero-order valence-corrected chi connectivity index (χ0v) is 17.4. The molecule has 0 aliphatic carbocycles. The second-order valence-electron chi connectivity index (χ2n) is 7.00. The highest BCUT2D eigenvalue weighted by Crippen LogP contribution is 2.36. The Labute approximate surface area is 159 Å². The zero-order valence-electron chi connectivity index (χ0n) is 15.7. The molecule has 0 aliphatic rings. The summed E-state index contributed by atoms with van der Waals surface area (Å²) < 4.78 is 6.06. The molecule has 146 valence electrons. The summed E-state index contributed by atoms with van der Waals surface area (Å²) in [5.41, 5.74) is 2.76. The minimum atomic E-state index is -1.78. The summed E-state index contributed by atoms with van der Waals surface area (Å²) in [5.74, 6) is 0.112. The fourth-order valence-corrected chi connectivity index (χ4v) is 2.92. The molecule has 3 N–H and O–H groups in total. The summed E-state index contributed by atoms with van der Waals surface area (Å²) in [6.07, 6.45) is 1.53. The number of anilines is 3. The fourth-order valence-electron chi connectivity index (χ4n) is 1.61. The van der Waals surface area contributed by atoms with Crippen molar-refractivity contribution in [3.63, 3.8) is 0 Å². The Kier molecular flexibility index (Phi) is 8.41. The van der Waals surface area contributed by atoms with Crippen LogP contribution < -0.4 is 16.1 Å². The lowest BCUT2D eigenvalue weighted by Crippen LogP contribution is -2.41. The van der Waals surface area contributed by atoms with Gasteiger partial charge in [-0.05, 0) is 24.6 Å². The van der Waals surface area contributed by atoms with Gasteiger partial charge in [0.1, 0.15) is 5.69 Å². The molecule has 11 heteroatoms. The van der Waals surface area contributed by atoms with Gasteiger partial charge in [0.15, 0.2) is 19.3 Å². The first-order valence-corrected chi connectivity index (χ1v) is 11.4. The summed E-state index contributed by atoms with van der Waals surface area (Å²) in [5, 5.41) is 4.79. The molecular formula is C15H26ClN5O4Si. The Morgan fingerprint density at radius 3 is 2.35 bits per heavy atom. The lowest BCUT2D eigenvalue weighted by molar-refractivity contribution is -0.106. The third kappa shape index (κ3) is 6.52. The lowest BCUT2D eigenvalue weighted by Gasteiger charge is -2.36. The smallest absolute Gasteiger partial charge is 0.232 e. The maximum absolute atomic E-state index is 10.7. The molecule has 0 saturated carbocycles. The number of rotatable bonds is 11. The van der Waals surface area contributed by atoms with Gasteiger partial charge in [0.25, 0.3) is 0 Å². The topological polar surface area (TPSA) is 114 Å². The summed E-state index contributed by atoms with van der Waals surface area (Å²) in [7, 11) is -1.78. The van der Waals surface area contributed by atoms with Gasteiger partial charge < -0.3 is 9.74 Å². The highest BCUT2D eigenvalue weighted by atomic mass is 35.5. The molecule has 0 unspecified atom stereocenters. The Morgan fingerprint density at radius 2 is 1.77 bits per heavy atom. The maximum Gasteiger partial charge on any atom is 0.232 e. The summed E-state index contributed by atoms with van der Waals surface area (Å²) in [6.45, 7) is 11.9.